The van der Waals surface area contributed by atoms with E-state index in [1.807, 2.05) is 18.5 Å². The second-order valence-corrected chi connectivity index (χ2v) is 4.39. The molecular formula is C10H11N3O3S. The molecule has 17 heavy (non-hydrogen) atoms. The highest BCUT2D eigenvalue weighted by Gasteiger charge is 2.11. The predicted molar refractivity (Wildman–Crippen MR) is 61.0 cm³/mol. The maximum Gasteiger partial charge on any atom is 0.371 e. The second-order valence-electron chi connectivity index (χ2n) is 3.45. The summed E-state index contributed by atoms with van der Waals surface area (Å²) < 4.78 is 7.00. The number of hydrogen-bond acceptors (Lipinski definition) is 5. The monoisotopic (exact) mass is 253 g/mol. The van der Waals surface area contributed by atoms with Crippen LogP contribution in [0.2, 0.25) is 0 Å². The van der Waals surface area contributed by atoms with Crippen LogP contribution in [-0.4, -0.2) is 25.8 Å². The van der Waals surface area contributed by atoms with Gasteiger partial charge >= 0.3 is 5.97 Å². The van der Waals surface area contributed by atoms with Crippen LogP contribution in [-0.2, 0) is 12.8 Å². The minimum absolute atomic E-state index is 0.0465. The van der Waals surface area contributed by atoms with E-state index in [4.69, 9.17) is 9.52 Å². The van der Waals surface area contributed by atoms with Crippen molar-refractivity contribution < 1.29 is 14.3 Å². The van der Waals surface area contributed by atoms with Gasteiger partial charge in [0.25, 0.3) is 0 Å². The van der Waals surface area contributed by atoms with E-state index in [0.717, 1.165) is 11.0 Å². The number of aromatic carboxylic acids is 1. The molecule has 0 aliphatic heterocycles. The molecule has 2 aromatic rings. The Morgan fingerprint density at radius 2 is 2.29 bits per heavy atom. The van der Waals surface area contributed by atoms with Gasteiger partial charge < -0.3 is 14.1 Å². The fourth-order valence-corrected chi connectivity index (χ4v) is 2.07. The molecule has 0 aromatic carbocycles. The average Bonchev–Trinajstić information content (AvgIpc) is 2.86. The van der Waals surface area contributed by atoms with Crippen molar-refractivity contribution in [1.82, 2.24) is 14.8 Å². The molecule has 0 amide bonds. The first kappa shape index (κ1) is 11.7. The fraction of sp³-hybridized carbons (Fsp3) is 0.300. The summed E-state index contributed by atoms with van der Waals surface area (Å²) in [5.74, 6) is 0.857. The van der Waals surface area contributed by atoms with Gasteiger partial charge in [-0.1, -0.05) is 11.8 Å². The molecule has 0 saturated heterocycles. The van der Waals surface area contributed by atoms with E-state index in [2.05, 4.69) is 10.2 Å². The number of carboxylic acids is 1. The Morgan fingerprint density at radius 3 is 2.82 bits per heavy atom. The average molecular weight is 253 g/mol. The minimum atomic E-state index is -1.06. The SMILES string of the molecule is Cc1nnc(SCc2ccc(C(=O)O)o2)n1C. The van der Waals surface area contributed by atoms with Crippen LogP contribution in [0, 0.1) is 6.92 Å². The van der Waals surface area contributed by atoms with E-state index in [1.165, 1.54) is 17.8 Å². The van der Waals surface area contributed by atoms with E-state index >= 15 is 0 Å². The normalized spacial score (nSPS) is 10.7. The van der Waals surface area contributed by atoms with Gasteiger partial charge in [0.1, 0.15) is 11.6 Å². The van der Waals surface area contributed by atoms with Gasteiger partial charge in [0.2, 0.25) is 5.76 Å². The van der Waals surface area contributed by atoms with Gasteiger partial charge in [0, 0.05) is 7.05 Å². The fourth-order valence-electron chi connectivity index (χ4n) is 1.22. The lowest BCUT2D eigenvalue weighted by atomic mass is 10.4. The highest BCUT2D eigenvalue weighted by Crippen LogP contribution is 2.22. The number of carbonyl (C=O) groups is 1. The van der Waals surface area contributed by atoms with E-state index in [1.54, 1.807) is 6.07 Å². The Balaban J connectivity index is 2.02. The topological polar surface area (TPSA) is 81.2 Å². The molecule has 2 heterocycles. The van der Waals surface area contributed by atoms with Gasteiger partial charge in [-0.2, -0.15) is 0 Å². The summed E-state index contributed by atoms with van der Waals surface area (Å²) in [6.45, 7) is 1.87. The van der Waals surface area contributed by atoms with E-state index in [-0.39, 0.29) is 5.76 Å². The van der Waals surface area contributed by atoms with Crippen LogP contribution in [0.1, 0.15) is 22.1 Å². The van der Waals surface area contributed by atoms with E-state index < -0.39 is 5.97 Å². The third kappa shape index (κ3) is 2.50. The number of hydrogen-bond donors (Lipinski definition) is 1. The summed E-state index contributed by atoms with van der Waals surface area (Å²) in [7, 11) is 1.88. The Morgan fingerprint density at radius 1 is 1.53 bits per heavy atom. The summed E-state index contributed by atoms with van der Waals surface area (Å²) in [6, 6.07) is 3.10. The molecule has 0 radical (unpaired) electrons. The van der Waals surface area contributed by atoms with Crippen LogP contribution in [0.25, 0.3) is 0 Å². The van der Waals surface area contributed by atoms with Crippen LogP contribution in [0.4, 0.5) is 0 Å². The van der Waals surface area contributed by atoms with Crippen molar-refractivity contribution in [2.45, 2.75) is 17.8 Å². The van der Waals surface area contributed by atoms with Gasteiger partial charge in [-0.15, -0.1) is 10.2 Å². The Labute approximate surface area is 102 Å². The summed E-state index contributed by atoms with van der Waals surface area (Å²) in [5, 5.41) is 17.4. The molecule has 0 saturated carbocycles. The first-order valence-electron chi connectivity index (χ1n) is 4.88. The number of rotatable bonds is 4. The molecular weight excluding hydrogens is 242 g/mol. The summed E-state index contributed by atoms with van der Waals surface area (Å²) >= 11 is 1.45. The lowest BCUT2D eigenvalue weighted by Gasteiger charge is -1.99. The molecule has 0 atom stereocenters. The molecule has 2 rings (SSSR count). The molecule has 1 N–H and O–H groups in total. The maximum absolute atomic E-state index is 10.6. The Hall–Kier alpha value is -1.76. The smallest absolute Gasteiger partial charge is 0.371 e. The largest absolute Gasteiger partial charge is 0.475 e. The Kier molecular flexibility index (Phi) is 3.19. The zero-order chi connectivity index (χ0) is 12.4. The Bertz CT molecular complexity index is 547. The molecule has 0 spiro atoms. The summed E-state index contributed by atoms with van der Waals surface area (Å²) in [5.41, 5.74) is 0. The molecule has 0 aliphatic carbocycles. The van der Waals surface area contributed by atoms with Crippen molar-refractivity contribution >= 4 is 17.7 Å². The minimum Gasteiger partial charge on any atom is -0.475 e. The quantitative estimate of drug-likeness (QED) is 0.835. The molecule has 6 nitrogen and oxygen atoms in total. The summed E-state index contributed by atoms with van der Waals surface area (Å²) in [6.07, 6.45) is 0. The van der Waals surface area contributed by atoms with Crippen molar-refractivity contribution in [2.24, 2.45) is 7.05 Å². The lowest BCUT2D eigenvalue weighted by Crippen LogP contribution is -1.94. The number of thioether (sulfide) groups is 1. The van der Waals surface area contributed by atoms with Crippen molar-refractivity contribution in [2.75, 3.05) is 0 Å². The molecule has 2 aromatic heterocycles. The highest BCUT2D eigenvalue weighted by molar-refractivity contribution is 7.98. The lowest BCUT2D eigenvalue weighted by molar-refractivity contribution is 0.0661. The molecule has 7 heteroatoms. The van der Waals surface area contributed by atoms with Crippen LogP contribution in [0.5, 0.6) is 0 Å². The molecule has 90 valence electrons. The predicted octanol–water partition coefficient (Wildman–Crippen LogP) is 1.71. The van der Waals surface area contributed by atoms with E-state index in [0.29, 0.717) is 11.5 Å². The third-order valence-electron chi connectivity index (χ3n) is 2.27. The van der Waals surface area contributed by atoms with Gasteiger partial charge in [-0.05, 0) is 19.1 Å². The number of carboxylic acid groups (broad SMARTS) is 1. The van der Waals surface area contributed by atoms with Crippen molar-refractivity contribution in [3.8, 4) is 0 Å². The molecule has 0 fully saturated rings. The van der Waals surface area contributed by atoms with Crippen LogP contribution >= 0.6 is 11.8 Å². The zero-order valence-electron chi connectivity index (χ0n) is 9.38. The summed E-state index contributed by atoms with van der Waals surface area (Å²) in [4.78, 5) is 10.6. The first-order valence-corrected chi connectivity index (χ1v) is 5.87. The third-order valence-corrected chi connectivity index (χ3v) is 3.31. The van der Waals surface area contributed by atoms with Crippen molar-refractivity contribution in [3.63, 3.8) is 0 Å². The standard InChI is InChI=1S/C10H11N3O3S/c1-6-11-12-10(13(6)2)17-5-7-3-4-8(16-7)9(14)15/h3-4H,5H2,1-2H3,(H,14,15). The zero-order valence-corrected chi connectivity index (χ0v) is 10.2. The van der Waals surface area contributed by atoms with Crippen molar-refractivity contribution in [3.05, 3.63) is 29.5 Å². The number of furan rings is 1. The number of aromatic nitrogens is 3. The van der Waals surface area contributed by atoms with Crippen LogP contribution in [0.15, 0.2) is 21.7 Å². The maximum atomic E-state index is 10.6. The molecule has 0 bridgehead atoms. The first-order chi connectivity index (χ1) is 8.08. The van der Waals surface area contributed by atoms with Crippen LogP contribution in [0.3, 0.4) is 0 Å². The number of nitrogens with zero attached hydrogens (tertiary/aromatic N) is 3. The van der Waals surface area contributed by atoms with Crippen LogP contribution < -0.4 is 0 Å². The van der Waals surface area contributed by atoms with Gasteiger partial charge in [-0.3, -0.25) is 0 Å². The molecule has 0 aliphatic rings. The number of aryl methyl sites for hydroxylation is 1. The van der Waals surface area contributed by atoms with Gasteiger partial charge in [-0.25, -0.2) is 4.79 Å². The second kappa shape index (κ2) is 4.62. The molecule has 0 unspecified atom stereocenters. The van der Waals surface area contributed by atoms with Crippen molar-refractivity contribution in [1.29, 1.82) is 0 Å². The van der Waals surface area contributed by atoms with Gasteiger partial charge in [0.15, 0.2) is 5.16 Å². The van der Waals surface area contributed by atoms with Gasteiger partial charge in [0.05, 0.1) is 5.75 Å². The highest BCUT2D eigenvalue weighted by atomic mass is 32.2. The van der Waals surface area contributed by atoms with E-state index in [9.17, 15) is 4.79 Å².